The lowest BCUT2D eigenvalue weighted by atomic mass is 9.99. The summed E-state index contributed by atoms with van der Waals surface area (Å²) in [5.74, 6) is 0. The van der Waals surface area contributed by atoms with E-state index in [0.29, 0.717) is 0 Å². The molecule has 2 rings (SSSR count). The number of aryl methyl sites for hydroxylation is 2. The fourth-order valence-electron chi connectivity index (χ4n) is 1.82. The maximum Gasteiger partial charge on any atom is 0.0656 e. The molecule has 1 unspecified atom stereocenters. The van der Waals surface area contributed by atoms with Gasteiger partial charge in [0.2, 0.25) is 0 Å². The number of thiophene rings is 1. The molecule has 0 radical (unpaired) electrons. The molecule has 90 valence electrons. The van der Waals surface area contributed by atoms with Crippen LogP contribution in [0.25, 0.3) is 0 Å². The smallest absolute Gasteiger partial charge is 0.0656 e. The highest BCUT2D eigenvalue weighted by Gasteiger charge is 2.09. The van der Waals surface area contributed by atoms with E-state index in [1.54, 1.807) is 11.3 Å². The predicted molar refractivity (Wildman–Crippen MR) is 83.6 cm³/mol. The first kappa shape index (κ1) is 13.1. The number of hydrogen-bond acceptors (Lipinski definition) is 2. The van der Waals surface area contributed by atoms with Crippen LogP contribution < -0.4 is 5.73 Å². The summed E-state index contributed by atoms with van der Waals surface area (Å²) in [4.78, 5) is 0. The molecule has 0 aliphatic heterocycles. The van der Waals surface area contributed by atoms with Crippen LogP contribution in [0, 0.1) is 16.7 Å². The second-order valence-corrected chi connectivity index (χ2v) is 7.22. The monoisotopic (exact) mass is 357 g/mol. The van der Waals surface area contributed by atoms with E-state index in [-0.39, 0.29) is 6.04 Å². The van der Waals surface area contributed by atoms with Crippen LogP contribution in [0.1, 0.15) is 28.3 Å². The van der Waals surface area contributed by atoms with Gasteiger partial charge in [-0.25, -0.2) is 0 Å². The van der Waals surface area contributed by atoms with Crippen molar-refractivity contribution >= 4 is 33.9 Å². The number of nitrogens with two attached hydrogens (primary N) is 1. The molecule has 1 aromatic carbocycles. The Morgan fingerprint density at radius 2 is 2.00 bits per heavy atom. The average molecular weight is 357 g/mol. The third-order valence-electron chi connectivity index (χ3n) is 3.04. The molecule has 0 aliphatic rings. The molecular formula is C14H16INS. The first-order valence-electron chi connectivity index (χ1n) is 5.62. The predicted octanol–water partition coefficient (Wildman–Crippen LogP) is 4.21. The lowest BCUT2D eigenvalue weighted by Crippen LogP contribution is -2.12. The maximum absolute atomic E-state index is 6.23. The van der Waals surface area contributed by atoms with Crippen LogP contribution in [0.15, 0.2) is 29.6 Å². The van der Waals surface area contributed by atoms with Crippen molar-refractivity contribution in [2.75, 3.05) is 0 Å². The van der Waals surface area contributed by atoms with Gasteiger partial charge >= 0.3 is 0 Å². The standard InChI is InChI=1S/C14H16INS/c1-9-3-4-11(5-10(9)2)6-13(16)12-7-14(15)17-8-12/h3-5,7-8,13H,6,16H2,1-2H3. The Morgan fingerprint density at radius 3 is 2.59 bits per heavy atom. The van der Waals surface area contributed by atoms with Crippen molar-refractivity contribution in [2.45, 2.75) is 26.3 Å². The Balaban J connectivity index is 2.12. The summed E-state index contributed by atoms with van der Waals surface area (Å²) >= 11 is 4.09. The van der Waals surface area contributed by atoms with E-state index in [9.17, 15) is 0 Å². The van der Waals surface area contributed by atoms with Crippen molar-refractivity contribution in [3.05, 3.63) is 54.8 Å². The van der Waals surface area contributed by atoms with Crippen LogP contribution in [0.3, 0.4) is 0 Å². The Bertz CT molecular complexity index is 519. The van der Waals surface area contributed by atoms with Gasteiger partial charge in [0.25, 0.3) is 0 Å². The lowest BCUT2D eigenvalue weighted by molar-refractivity contribution is 0.724. The summed E-state index contributed by atoms with van der Waals surface area (Å²) in [7, 11) is 0. The fourth-order valence-corrected chi connectivity index (χ4v) is 3.26. The molecule has 0 aliphatic carbocycles. The Morgan fingerprint density at radius 1 is 1.24 bits per heavy atom. The summed E-state index contributed by atoms with van der Waals surface area (Å²) in [5, 5.41) is 2.16. The zero-order valence-electron chi connectivity index (χ0n) is 10.0. The highest BCUT2D eigenvalue weighted by molar-refractivity contribution is 14.1. The largest absolute Gasteiger partial charge is 0.324 e. The zero-order valence-corrected chi connectivity index (χ0v) is 13.0. The number of benzene rings is 1. The Kier molecular flexibility index (Phi) is 4.22. The van der Waals surface area contributed by atoms with E-state index in [2.05, 4.69) is 66.1 Å². The van der Waals surface area contributed by atoms with Gasteiger partial charge in [-0.15, -0.1) is 11.3 Å². The van der Waals surface area contributed by atoms with E-state index < -0.39 is 0 Å². The molecule has 3 heteroatoms. The van der Waals surface area contributed by atoms with Crippen molar-refractivity contribution in [1.29, 1.82) is 0 Å². The first-order valence-corrected chi connectivity index (χ1v) is 7.58. The van der Waals surface area contributed by atoms with Crippen LogP contribution in [-0.4, -0.2) is 0 Å². The molecule has 0 fully saturated rings. The summed E-state index contributed by atoms with van der Waals surface area (Å²) in [6.45, 7) is 4.29. The molecule has 2 aromatic rings. The molecule has 1 aromatic heterocycles. The summed E-state index contributed by atoms with van der Waals surface area (Å²) in [6, 6.07) is 8.88. The number of halogens is 1. The van der Waals surface area contributed by atoms with Crippen LogP contribution in [0.2, 0.25) is 0 Å². The van der Waals surface area contributed by atoms with Gasteiger partial charge in [-0.2, -0.15) is 0 Å². The maximum atomic E-state index is 6.23. The molecule has 0 saturated heterocycles. The fraction of sp³-hybridized carbons (Fsp3) is 0.286. The van der Waals surface area contributed by atoms with Crippen molar-refractivity contribution in [1.82, 2.24) is 0 Å². The van der Waals surface area contributed by atoms with E-state index >= 15 is 0 Å². The van der Waals surface area contributed by atoms with Gasteiger partial charge in [-0.05, 0) is 76.6 Å². The van der Waals surface area contributed by atoms with Crippen LogP contribution in [0.4, 0.5) is 0 Å². The topological polar surface area (TPSA) is 26.0 Å². The van der Waals surface area contributed by atoms with E-state index in [1.165, 1.54) is 25.1 Å². The SMILES string of the molecule is Cc1ccc(CC(N)c2csc(I)c2)cc1C. The molecule has 2 N–H and O–H groups in total. The first-order chi connectivity index (χ1) is 8.06. The number of hydrogen-bond donors (Lipinski definition) is 1. The zero-order chi connectivity index (χ0) is 12.4. The van der Waals surface area contributed by atoms with Gasteiger partial charge in [0.15, 0.2) is 0 Å². The van der Waals surface area contributed by atoms with Crippen molar-refractivity contribution in [3.8, 4) is 0 Å². The third-order valence-corrected chi connectivity index (χ3v) is 4.85. The number of rotatable bonds is 3. The molecule has 0 saturated carbocycles. The minimum atomic E-state index is 0.108. The van der Waals surface area contributed by atoms with Gasteiger partial charge < -0.3 is 5.73 Å². The summed E-state index contributed by atoms with van der Waals surface area (Å²) < 4.78 is 1.30. The van der Waals surface area contributed by atoms with Crippen LogP contribution in [-0.2, 0) is 6.42 Å². The molecule has 1 nitrogen and oxygen atoms in total. The van der Waals surface area contributed by atoms with Crippen LogP contribution in [0.5, 0.6) is 0 Å². The quantitative estimate of drug-likeness (QED) is 0.819. The highest BCUT2D eigenvalue weighted by Crippen LogP contribution is 2.24. The second kappa shape index (κ2) is 5.50. The summed E-state index contributed by atoms with van der Waals surface area (Å²) in [6.07, 6.45) is 0.911. The molecule has 1 heterocycles. The lowest BCUT2D eigenvalue weighted by Gasteiger charge is -2.11. The van der Waals surface area contributed by atoms with Crippen LogP contribution >= 0.6 is 33.9 Å². The average Bonchev–Trinajstić information content (AvgIpc) is 2.70. The van der Waals surface area contributed by atoms with Gasteiger partial charge in [-0.3, -0.25) is 0 Å². The van der Waals surface area contributed by atoms with Gasteiger partial charge in [0.1, 0.15) is 0 Å². The van der Waals surface area contributed by atoms with E-state index in [4.69, 9.17) is 5.73 Å². The Hall–Kier alpha value is -0.390. The molecule has 0 spiro atoms. The molecule has 1 atom stereocenters. The van der Waals surface area contributed by atoms with E-state index in [0.717, 1.165) is 6.42 Å². The summed E-state index contributed by atoms with van der Waals surface area (Å²) in [5.41, 5.74) is 11.5. The molecule has 0 amide bonds. The third kappa shape index (κ3) is 3.30. The normalized spacial score (nSPS) is 12.7. The minimum Gasteiger partial charge on any atom is -0.324 e. The van der Waals surface area contributed by atoms with E-state index in [1.807, 2.05) is 0 Å². The molecular weight excluding hydrogens is 341 g/mol. The van der Waals surface area contributed by atoms with Crippen molar-refractivity contribution < 1.29 is 0 Å². The minimum absolute atomic E-state index is 0.108. The van der Waals surface area contributed by atoms with Crippen molar-refractivity contribution in [2.24, 2.45) is 5.73 Å². The molecule has 0 bridgehead atoms. The highest BCUT2D eigenvalue weighted by atomic mass is 127. The second-order valence-electron chi connectivity index (χ2n) is 4.41. The Labute approximate surface area is 120 Å². The molecule has 17 heavy (non-hydrogen) atoms. The van der Waals surface area contributed by atoms with Gasteiger partial charge in [0, 0.05) is 6.04 Å². The van der Waals surface area contributed by atoms with Gasteiger partial charge in [0.05, 0.1) is 2.88 Å². The van der Waals surface area contributed by atoms with Crippen molar-refractivity contribution in [3.63, 3.8) is 0 Å². The van der Waals surface area contributed by atoms with Gasteiger partial charge in [-0.1, -0.05) is 18.2 Å².